The smallest absolute Gasteiger partial charge is 0.148 e. The van der Waals surface area contributed by atoms with Crippen LogP contribution in [0, 0.1) is 11.3 Å². The van der Waals surface area contributed by atoms with Gasteiger partial charge in [-0.15, -0.1) is 11.8 Å². The van der Waals surface area contributed by atoms with E-state index in [1.165, 1.54) is 5.56 Å². The molecule has 0 unspecified atom stereocenters. The average molecular weight is 389 g/mol. The fourth-order valence-corrected chi connectivity index (χ4v) is 3.98. The van der Waals surface area contributed by atoms with Crippen molar-refractivity contribution in [2.24, 2.45) is 0 Å². The standard InChI is InChI=1S/C21H20N6S/c22-13-18-7-4-8-24-21(18)27-11-9-26(10-12-27)19-14-23-15-20(25-19)28-16-17-5-2-1-3-6-17/h1-8,14-15H,9-12,16H2. The summed E-state index contributed by atoms with van der Waals surface area (Å²) in [6.45, 7) is 3.25. The molecule has 1 saturated heterocycles. The number of nitriles is 1. The van der Waals surface area contributed by atoms with E-state index in [1.807, 2.05) is 24.5 Å². The molecule has 1 aliphatic heterocycles. The van der Waals surface area contributed by atoms with E-state index in [9.17, 15) is 5.26 Å². The summed E-state index contributed by atoms with van der Waals surface area (Å²) in [5, 5.41) is 10.2. The molecule has 0 N–H and O–H groups in total. The van der Waals surface area contributed by atoms with Crippen molar-refractivity contribution in [2.45, 2.75) is 10.8 Å². The van der Waals surface area contributed by atoms with Crippen LogP contribution < -0.4 is 9.80 Å². The number of aromatic nitrogens is 3. The second-order valence-corrected chi connectivity index (χ2v) is 7.45. The molecule has 6 nitrogen and oxygen atoms in total. The van der Waals surface area contributed by atoms with Crippen LogP contribution in [0.4, 0.5) is 11.6 Å². The normalized spacial score (nSPS) is 14.0. The van der Waals surface area contributed by atoms with Gasteiger partial charge in [0.15, 0.2) is 0 Å². The Morgan fingerprint density at radius 2 is 1.75 bits per heavy atom. The van der Waals surface area contributed by atoms with Crippen LogP contribution in [0.25, 0.3) is 0 Å². The summed E-state index contributed by atoms with van der Waals surface area (Å²) in [5.74, 6) is 2.55. The summed E-state index contributed by atoms with van der Waals surface area (Å²) in [5.41, 5.74) is 1.90. The lowest BCUT2D eigenvalue weighted by Crippen LogP contribution is -2.47. The van der Waals surface area contributed by atoms with Gasteiger partial charge in [-0.1, -0.05) is 30.3 Å². The number of thioether (sulfide) groups is 1. The van der Waals surface area contributed by atoms with Gasteiger partial charge in [0.05, 0.1) is 18.0 Å². The summed E-state index contributed by atoms with van der Waals surface area (Å²) in [6.07, 6.45) is 5.38. The zero-order valence-electron chi connectivity index (χ0n) is 15.4. The predicted molar refractivity (Wildman–Crippen MR) is 111 cm³/mol. The molecule has 28 heavy (non-hydrogen) atoms. The van der Waals surface area contributed by atoms with Crippen molar-refractivity contribution in [1.29, 1.82) is 5.26 Å². The molecule has 0 spiro atoms. The third kappa shape index (κ3) is 4.24. The zero-order valence-corrected chi connectivity index (χ0v) is 16.2. The van der Waals surface area contributed by atoms with Gasteiger partial charge < -0.3 is 9.80 Å². The lowest BCUT2D eigenvalue weighted by Gasteiger charge is -2.36. The summed E-state index contributed by atoms with van der Waals surface area (Å²) in [7, 11) is 0. The first kappa shape index (κ1) is 18.3. The van der Waals surface area contributed by atoms with Crippen molar-refractivity contribution in [3.05, 3.63) is 72.2 Å². The van der Waals surface area contributed by atoms with E-state index < -0.39 is 0 Å². The van der Waals surface area contributed by atoms with Gasteiger partial charge in [-0.2, -0.15) is 5.26 Å². The molecule has 1 aliphatic rings. The Hall–Kier alpha value is -3.11. The van der Waals surface area contributed by atoms with Crippen molar-refractivity contribution in [1.82, 2.24) is 15.0 Å². The van der Waals surface area contributed by atoms with E-state index in [-0.39, 0.29) is 0 Å². The zero-order chi connectivity index (χ0) is 19.2. The number of pyridine rings is 1. The maximum absolute atomic E-state index is 9.29. The van der Waals surface area contributed by atoms with Crippen LogP contribution >= 0.6 is 11.8 Å². The molecule has 140 valence electrons. The lowest BCUT2D eigenvalue weighted by atomic mass is 10.2. The summed E-state index contributed by atoms with van der Waals surface area (Å²) in [4.78, 5) is 18.0. The summed E-state index contributed by atoms with van der Waals surface area (Å²) in [6, 6.07) is 16.2. The highest BCUT2D eigenvalue weighted by atomic mass is 32.2. The van der Waals surface area contributed by atoms with Crippen molar-refractivity contribution in [3.8, 4) is 6.07 Å². The molecule has 4 rings (SSSR count). The molecule has 7 heteroatoms. The first-order valence-corrected chi connectivity index (χ1v) is 10.2. The second-order valence-electron chi connectivity index (χ2n) is 6.45. The first-order chi connectivity index (χ1) is 13.8. The molecule has 0 amide bonds. The molecule has 3 aromatic rings. The quantitative estimate of drug-likeness (QED) is 0.621. The Bertz CT molecular complexity index is 964. The number of rotatable bonds is 5. The maximum atomic E-state index is 9.29. The maximum Gasteiger partial charge on any atom is 0.148 e. The lowest BCUT2D eigenvalue weighted by molar-refractivity contribution is 0.638. The van der Waals surface area contributed by atoms with Crippen LogP contribution in [0.5, 0.6) is 0 Å². The highest BCUT2D eigenvalue weighted by Crippen LogP contribution is 2.24. The Kier molecular flexibility index (Phi) is 5.69. The molecule has 1 fully saturated rings. The number of hydrogen-bond acceptors (Lipinski definition) is 7. The molecular weight excluding hydrogens is 368 g/mol. The minimum Gasteiger partial charge on any atom is -0.352 e. The van der Waals surface area contributed by atoms with Gasteiger partial charge in [-0.3, -0.25) is 4.98 Å². The fraction of sp³-hybridized carbons (Fsp3) is 0.238. The van der Waals surface area contributed by atoms with Gasteiger partial charge in [-0.05, 0) is 17.7 Å². The van der Waals surface area contributed by atoms with Crippen LogP contribution in [-0.2, 0) is 5.75 Å². The summed E-state index contributed by atoms with van der Waals surface area (Å²) >= 11 is 1.70. The van der Waals surface area contributed by atoms with E-state index in [0.29, 0.717) is 5.56 Å². The van der Waals surface area contributed by atoms with Crippen LogP contribution in [0.1, 0.15) is 11.1 Å². The van der Waals surface area contributed by atoms with Gasteiger partial charge in [0, 0.05) is 38.1 Å². The number of nitrogens with zero attached hydrogens (tertiary/aromatic N) is 6. The van der Waals surface area contributed by atoms with E-state index in [4.69, 9.17) is 4.98 Å². The van der Waals surface area contributed by atoms with E-state index in [1.54, 1.807) is 24.0 Å². The molecule has 0 atom stereocenters. The molecule has 3 heterocycles. The summed E-state index contributed by atoms with van der Waals surface area (Å²) < 4.78 is 0. The van der Waals surface area contributed by atoms with Crippen LogP contribution in [0.15, 0.2) is 66.1 Å². The number of anilines is 2. The SMILES string of the molecule is N#Cc1cccnc1N1CCN(c2cncc(SCc3ccccc3)n2)CC1. The van der Waals surface area contributed by atoms with Crippen molar-refractivity contribution >= 4 is 23.4 Å². The Morgan fingerprint density at radius 1 is 0.964 bits per heavy atom. The van der Waals surface area contributed by atoms with Crippen LogP contribution in [0.3, 0.4) is 0 Å². The monoisotopic (exact) mass is 388 g/mol. The fourth-order valence-electron chi connectivity index (χ4n) is 3.18. The van der Waals surface area contributed by atoms with E-state index in [0.717, 1.165) is 48.6 Å². The molecule has 0 radical (unpaired) electrons. The Labute approximate surface area is 168 Å². The molecule has 0 bridgehead atoms. The van der Waals surface area contributed by atoms with Crippen molar-refractivity contribution in [3.63, 3.8) is 0 Å². The van der Waals surface area contributed by atoms with Crippen LogP contribution in [-0.4, -0.2) is 41.1 Å². The van der Waals surface area contributed by atoms with E-state index >= 15 is 0 Å². The average Bonchev–Trinajstić information content (AvgIpc) is 2.79. The molecule has 1 aromatic carbocycles. The van der Waals surface area contributed by atoms with Gasteiger partial charge in [0.1, 0.15) is 22.7 Å². The van der Waals surface area contributed by atoms with Crippen molar-refractivity contribution < 1.29 is 0 Å². The Balaban J connectivity index is 1.39. The number of piperazine rings is 1. The van der Waals surface area contributed by atoms with Gasteiger partial charge in [0.25, 0.3) is 0 Å². The molecule has 0 saturated carbocycles. The minimum absolute atomic E-state index is 0.620. The largest absolute Gasteiger partial charge is 0.352 e. The highest BCUT2D eigenvalue weighted by molar-refractivity contribution is 7.98. The van der Waals surface area contributed by atoms with Crippen molar-refractivity contribution in [2.75, 3.05) is 36.0 Å². The van der Waals surface area contributed by atoms with Crippen LogP contribution in [0.2, 0.25) is 0 Å². The third-order valence-corrected chi connectivity index (χ3v) is 5.61. The van der Waals surface area contributed by atoms with Gasteiger partial charge in [0.2, 0.25) is 0 Å². The minimum atomic E-state index is 0.620. The first-order valence-electron chi connectivity index (χ1n) is 9.17. The van der Waals surface area contributed by atoms with Gasteiger partial charge >= 0.3 is 0 Å². The number of hydrogen-bond donors (Lipinski definition) is 0. The highest BCUT2D eigenvalue weighted by Gasteiger charge is 2.21. The number of benzene rings is 1. The molecular formula is C21H20N6S. The van der Waals surface area contributed by atoms with Gasteiger partial charge in [-0.25, -0.2) is 9.97 Å². The molecule has 2 aromatic heterocycles. The second kappa shape index (κ2) is 8.72. The Morgan fingerprint density at radius 3 is 2.54 bits per heavy atom. The third-order valence-electron chi connectivity index (χ3n) is 4.64. The molecule has 0 aliphatic carbocycles. The topological polar surface area (TPSA) is 68.9 Å². The predicted octanol–water partition coefficient (Wildman–Crippen LogP) is 3.36. The van der Waals surface area contributed by atoms with E-state index in [2.05, 4.69) is 50.1 Å².